The molecule has 2 aliphatic rings. The average molecular weight is 184 g/mol. The van der Waals surface area contributed by atoms with Crippen LogP contribution in [0.15, 0.2) is 0 Å². The molecule has 0 amide bonds. The molecule has 0 aliphatic heterocycles. The molecule has 2 heteroatoms. The zero-order valence-corrected chi connectivity index (χ0v) is 8.46. The van der Waals surface area contributed by atoms with E-state index in [1.165, 1.54) is 32.1 Å². The summed E-state index contributed by atoms with van der Waals surface area (Å²) in [6.45, 7) is 0. The van der Waals surface area contributed by atoms with Crippen LogP contribution in [0.4, 0.5) is 0 Å². The van der Waals surface area contributed by atoms with Crippen LogP contribution < -0.4 is 0 Å². The topological polar surface area (TPSA) is 29.5 Å². The van der Waals surface area contributed by atoms with Crippen molar-refractivity contribution in [2.45, 2.75) is 56.7 Å². The SMILES string of the molecule is COC1(C(O)C2CCC2)CCCC1. The molecule has 2 fully saturated rings. The second-order valence-electron chi connectivity index (χ2n) is 4.61. The molecule has 0 heterocycles. The maximum atomic E-state index is 10.2. The molecule has 1 N–H and O–H groups in total. The lowest BCUT2D eigenvalue weighted by molar-refractivity contribution is -0.132. The molecular weight excluding hydrogens is 164 g/mol. The van der Waals surface area contributed by atoms with Gasteiger partial charge in [0.1, 0.15) is 0 Å². The zero-order chi connectivity index (χ0) is 9.31. The standard InChI is InChI=1S/C11H20O2/c1-13-11(7-2-3-8-11)10(12)9-5-4-6-9/h9-10,12H,2-8H2,1H3. The Morgan fingerprint density at radius 3 is 2.23 bits per heavy atom. The van der Waals surface area contributed by atoms with Crippen LogP contribution in [0, 0.1) is 5.92 Å². The number of hydrogen-bond acceptors (Lipinski definition) is 2. The molecule has 0 radical (unpaired) electrons. The van der Waals surface area contributed by atoms with E-state index in [2.05, 4.69) is 0 Å². The fourth-order valence-electron chi connectivity index (χ4n) is 2.78. The molecule has 0 aromatic heterocycles. The number of rotatable bonds is 3. The molecule has 2 aliphatic carbocycles. The van der Waals surface area contributed by atoms with Crippen LogP contribution in [0.1, 0.15) is 44.9 Å². The molecule has 0 aromatic carbocycles. The molecule has 1 atom stereocenters. The Labute approximate surface area is 80.3 Å². The summed E-state index contributed by atoms with van der Waals surface area (Å²) in [5, 5.41) is 10.2. The lowest BCUT2D eigenvalue weighted by Crippen LogP contribution is -2.47. The highest BCUT2D eigenvalue weighted by atomic mass is 16.5. The largest absolute Gasteiger partial charge is 0.390 e. The van der Waals surface area contributed by atoms with E-state index in [0.717, 1.165) is 12.8 Å². The minimum absolute atomic E-state index is 0.176. The molecule has 2 nitrogen and oxygen atoms in total. The van der Waals surface area contributed by atoms with Gasteiger partial charge >= 0.3 is 0 Å². The maximum absolute atomic E-state index is 10.2. The third-order valence-corrected chi connectivity index (χ3v) is 3.99. The second-order valence-corrected chi connectivity index (χ2v) is 4.61. The molecule has 0 saturated heterocycles. The molecule has 0 spiro atoms. The van der Waals surface area contributed by atoms with Crippen LogP contribution in [0.3, 0.4) is 0 Å². The van der Waals surface area contributed by atoms with E-state index < -0.39 is 0 Å². The van der Waals surface area contributed by atoms with E-state index in [0.29, 0.717) is 5.92 Å². The van der Waals surface area contributed by atoms with E-state index in [4.69, 9.17) is 4.74 Å². The molecule has 2 saturated carbocycles. The van der Waals surface area contributed by atoms with Crippen LogP contribution in [0.2, 0.25) is 0 Å². The first-order valence-corrected chi connectivity index (χ1v) is 5.52. The van der Waals surface area contributed by atoms with Crippen molar-refractivity contribution in [3.05, 3.63) is 0 Å². The van der Waals surface area contributed by atoms with Crippen LogP contribution in [-0.2, 0) is 4.74 Å². The van der Waals surface area contributed by atoms with Gasteiger partial charge in [-0.05, 0) is 31.6 Å². The van der Waals surface area contributed by atoms with Gasteiger partial charge in [-0.1, -0.05) is 19.3 Å². The van der Waals surface area contributed by atoms with E-state index in [-0.39, 0.29) is 11.7 Å². The summed E-state index contributed by atoms with van der Waals surface area (Å²) in [7, 11) is 1.76. The Morgan fingerprint density at radius 1 is 1.23 bits per heavy atom. The van der Waals surface area contributed by atoms with Crippen molar-refractivity contribution >= 4 is 0 Å². The van der Waals surface area contributed by atoms with E-state index >= 15 is 0 Å². The second kappa shape index (κ2) is 3.58. The molecule has 0 bridgehead atoms. The summed E-state index contributed by atoms with van der Waals surface area (Å²) in [6, 6.07) is 0. The lowest BCUT2D eigenvalue weighted by atomic mass is 9.74. The van der Waals surface area contributed by atoms with Gasteiger partial charge in [-0.3, -0.25) is 0 Å². The summed E-state index contributed by atoms with van der Waals surface area (Å²) in [4.78, 5) is 0. The van der Waals surface area contributed by atoms with Gasteiger partial charge in [0.05, 0.1) is 11.7 Å². The highest BCUT2D eigenvalue weighted by Gasteiger charge is 2.45. The van der Waals surface area contributed by atoms with Crippen molar-refractivity contribution in [3.8, 4) is 0 Å². The molecular formula is C11H20O2. The number of aliphatic hydroxyl groups is 1. The first kappa shape index (κ1) is 9.47. The van der Waals surface area contributed by atoms with Gasteiger partial charge in [-0.15, -0.1) is 0 Å². The summed E-state index contributed by atoms with van der Waals surface area (Å²) in [5.41, 5.74) is -0.176. The highest BCUT2D eigenvalue weighted by Crippen LogP contribution is 2.43. The number of aliphatic hydroxyl groups excluding tert-OH is 1. The fraction of sp³-hybridized carbons (Fsp3) is 1.00. The Hall–Kier alpha value is -0.0800. The van der Waals surface area contributed by atoms with Crippen LogP contribution in [0.5, 0.6) is 0 Å². The summed E-state index contributed by atoms with van der Waals surface area (Å²) in [6.07, 6.45) is 8.05. The van der Waals surface area contributed by atoms with Gasteiger partial charge in [0, 0.05) is 7.11 Å². The Morgan fingerprint density at radius 2 is 1.85 bits per heavy atom. The predicted molar refractivity (Wildman–Crippen MR) is 51.6 cm³/mol. The van der Waals surface area contributed by atoms with Crippen molar-refractivity contribution in [2.75, 3.05) is 7.11 Å². The Balaban J connectivity index is 2.01. The molecule has 13 heavy (non-hydrogen) atoms. The first-order valence-electron chi connectivity index (χ1n) is 5.52. The van der Waals surface area contributed by atoms with Gasteiger partial charge in [-0.2, -0.15) is 0 Å². The fourth-order valence-corrected chi connectivity index (χ4v) is 2.78. The van der Waals surface area contributed by atoms with Gasteiger partial charge in [0.15, 0.2) is 0 Å². The maximum Gasteiger partial charge on any atom is 0.0939 e. The average Bonchev–Trinajstić information content (AvgIpc) is 2.49. The van der Waals surface area contributed by atoms with Gasteiger partial charge in [-0.25, -0.2) is 0 Å². The third kappa shape index (κ3) is 1.50. The molecule has 1 unspecified atom stereocenters. The molecule has 0 aromatic rings. The first-order chi connectivity index (χ1) is 6.28. The van der Waals surface area contributed by atoms with Gasteiger partial charge in [0.25, 0.3) is 0 Å². The smallest absolute Gasteiger partial charge is 0.0939 e. The number of methoxy groups -OCH3 is 1. The predicted octanol–water partition coefficient (Wildman–Crippen LogP) is 2.11. The van der Waals surface area contributed by atoms with Crippen molar-refractivity contribution in [1.82, 2.24) is 0 Å². The van der Waals surface area contributed by atoms with E-state index in [1.54, 1.807) is 7.11 Å². The monoisotopic (exact) mass is 184 g/mol. The number of hydrogen-bond donors (Lipinski definition) is 1. The van der Waals surface area contributed by atoms with E-state index in [9.17, 15) is 5.11 Å². The molecule has 76 valence electrons. The van der Waals surface area contributed by atoms with Crippen molar-refractivity contribution < 1.29 is 9.84 Å². The normalized spacial score (nSPS) is 30.0. The summed E-state index contributed by atoms with van der Waals surface area (Å²) < 4.78 is 5.57. The van der Waals surface area contributed by atoms with Gasteiger partial charge in [0.2, 0.25) is 0 Å². The lowest BCUT2D eigenvalue weighted by Gasteiger charge is -2.41. The zero-order valence-electron chi connectivity index (χ0n) is 8.46. The Bertz CT molecular complexity index is 169. The summed E-state index contributed by atoms with van der Waals surface area (Å²) >= 11 is 0. The van der Waals surface area contributed by atoms with Crippen molar-refractivity contribution in [3.63, 3.8) is 0 Å². The minimum Gasteiger partial charge on any atom is -0.390 e. The van der Waals surface area contributed by atoms with Crippen LogP contribution in [0.25, 0.3) is 0 Å². The molecule has 2 rings (SSSR count). The van der Waals surface area contributed by atoms with Crippen molar-refractivity contribution in [2.24, 2.45) is 5.92 Å². The van der Waals surface area contributed by atoms with Crippen molar-refractivity contribution in [1.29, 1.82) is 0 Å². The van der Waals surface area contributed by atoms with Crippen LogP contribution in [-0.4, -0.2) is 23.9 Å². The summed E-state index contributed by atoms with van der Waals surface area (Å²) in [5.74, 6) is 0.526. The van der Waals surface area contributed by atoms with Gasteiger partial charge < -0.3 is 9.84 Å². The van der Waals surface area contributed by atoms with Crippen LogP contribution >= 0.6 is 0 Å². The highest BCUT2D eigenvalue weighted by molar-refractivity contribution is 4.97. The van der Waals surface area contributed by atoms with E-state index in [1.807, 2.05) is 0 Å². The number of ether oxygens (including phenoxy) is 1. The minimum atomic E-state index is -0.200. The Kier molecular flexibility index (Phi) is 2.61. The quantitative estimate of drug-likeness (QED) is 0.728. The third-order valence-electron chi connectivity index (χ3n) is 3.99.